The van der Waals surface area contributed by atoms with Crippen molar-refractivity contribution < 1.29 is 77.2 Å². The Morgan fingerprint density at radius 2 is 0.886 bits per heavy atom. The van der Waals surface area contributed by atoms with E-state index in [9.17, 15) is 0 Å². The number of hydrogen-bond donors (Lipinski definition) is 0. The van der Waals surface area contributed by atoms with Crippen molar-refractivity contribution in [2.75, 3.05) is 0 Å². The Balaban J connectivity index is -0.000000105. The van der Waals surface area contributed by atoms with E-state index in [2.05, 4.69) is 132 Å². The second kappa shape index (κ2) is 28.3. The molecule has 0 saturated carbocycles. The van der Waals surface area contributed by atoms with Gasteiger partial charge in [0.25, 0.3) is 0 Å². The van der Waals surface area contributed by atoms with Gasteiger partial charge in [-0.3, -0.25) is 24.3 Å². The van der Waals surface area contributed by atoms with Gasteiger partial charge in [-0.05, 0) is 0 Å². The van der Waals surface area contributed by atoms with E-state index in [0.29, 0.717) is 0 Å². The monoisotopic (exact) mass is 792 g/mol. The van der Waals surface area contributed by atoms with Crippen LogP contribution in [0.5, 0.6) is 0 Å². The molecule has 0 fully saturated rings. The Bertz CT molecular complexity index is 957. The van der Waals surface area contributed by atoms with Crippen LogP contribution in [0, 0.1) is 50.0 Å². The molecule has 0 saturated heterocycles. The second-order valence-electron chi connectivity index (χ2n) is 12.1. The topological polar surface area (TPSA) is 0 Å². The normalized spacial score (nSPS) is 17.4. The van der Waals surface area contributed by atoms with Gasteiger partial charge in [0, 0.05) is 0 Å². The van der Waals surface area contributed by atoms with E-state index < -0.39 is 0 Å². The maximum absolute atomic E-state index is 3.44. The minimum Gasteiger partial charge on any atom is -1.00 e. The summed E-state index contributed by atoms with van der Waals surface area (Å²) in [5.74, 6) is 0. The first-order chi connectivity index (χ1) is 17.8. The van der Waals surface area contributed by atoms with Crippen LogP contribution in [0.1, 0.15) is 134 Å². The van der Waals surface area contributed by atoms with Crippen molar-refractivity contribution in [3.8, 4) is 0 Å². The first-order valence-electron chi connectivity index (χ1n) is 14.9. The average Bonchev–Trinajstić information content (AvgIpc) is 3.64. The van der Waals surface area contributed by atoms with E-state index in [-0.39, 0.29) is 103 Å². The molecule has 244 valence electrons. The van der Waals surface area contributed by atoms with Gasteiger partial charge in [0.2, 0.25) is 0 Å². The molecule has 4 heteroatoms. The van der Waals surface area contributed by atoms with E-state index in [1.165, 1.54) is 83.1 Å². The molecular weight excluding hydrogens is 734 g/mol. The fourth-order valence-corrected chi connectivity index (χ4v) is 4.79. The van der Waals surface area contributed by atoms with Gasteiger partial charge in [0.15, 0.2) is 0 Å². The quantitative estimate of drug-likeness (QED) is 0.258. The third-order valence-corrected chi connectivity index (χ3v) is 8.26. The van der Waals surface area contributed by atoms with Crippen LogP contribution in [-0.4, -0.2) is 0 Å². The molecule has 0 radical (unpaired) electrons. The number of unbranched alkanes of at least 4 members (excludes halogenated alkanes) is 2. The first-order valence-corrected chi connectivity index (χ1v) is 14.9. The van der Waals surface area contributed by atoms with Crippen molar-refractivity contribution in [3.05, 3.63) is 108 Å². The SMILES string of the molecule is CC1=[C-]C(C)(C)C(C)=C1C.CC1=[C-]C(C)(C)C(C)=C1C.CCCCC1=[C-]CC=C1.CCCCC1=[C-]CC=C1.[CH3-].[CH3-].[Cl-].[Cl-].[Zr+4].[Zr+4]. The molecule has 0 N–H and O–H groups in total. The summed E-state index contributed by atoms with van der Waals surface area (Å²) in [7, 11) is 0. The van der Waals surface area contributed by atoms with Crippen LogP contribution >= 0.6 is 0 Å². The molecule has 4 rings (SSSR count). The van der Waals surface area contributed by atoms with Crippen molar-refractivity contribution in [3.63, 3.8) is 0 Å². The van der Waals surface area contributed by atoms with Crippen molar-refractivity contribution >= 4 is 0 Å². The number of allylic oxidation sites excluding steroid dienone is 16. The molecular formula is C40H62Cl2Zr2. The van der Waals surface area contributed by atoms with Crippen molar-refractivity contribution in [2.45, 2.75) is 134 Å². The van der Waals surface area contributed by atoms with E-state index in [0.717, 1.165) is 12.8 Å². The molecule has 0 heterocycles. The first kappa shape index (κ1) is 56.6. The predicted octanol–water partition coefficient (Wildman–Crippen LogP) is 6.86. The largest absolute Gasteiger partial charge is 4.00 e. The summed E-state index contributed by atoms with van der Waals surface area (Å²) in [4.78, 5) is 0. The van der Waals surface area contributed by atoms with Gasteiger partial charge >= 0.3 is 52.4 Å². The fraction of sp³-hybridized carbons (Fsp3) is 0.550. The van der Waals surface area contributed by atoms with Gasteiger partial charge in [0.05, 0.1) is 0 Å². The van der Waals surface area contributed by atoms with Crippen LogP contribution in [0.25, 0.3) is 0 Å². The average molecular weight is 796 g/mol. The van der Waals surface area contributed by atoms with Gasteiger partial charge < -0.3 is 39.7 Å². The Kier molecular flexibility index (Phi) is 36.4. The summed E-state index contributed by atoms with van der Waals surface area (Å²) in [6, 6.07) is 0. The van der Waals surface area contributed by atoms with Gasteiger partial charge in [0.1, 0.15) is 0 Å². The molecule has 0 unspecified atom stereocenters. The summed E-state index contributed by atoms with van der Waals surface area (Å²) in [5, 5.41) is 0. The fourth-order valence-electron chi connectivity index (χ4n) is 4.79. The molecule has 0 amide bonds. The van der Waals surface area contributed by atoms with Crippen LogP contribution in [0.4, 0.5) is 0 Å². The van der Waals surface area contributed by atoms with Gasteiger partial charge in [-0.1, -0.05) is 119 Å². The molecule has 0 aromatic carbocycles. The molecule has 4 aliphatic carbocycles. The Hall–Kier alpha value is 0.266. The zero-order valence-corrected chi connectivity index (χ0v) is 37.2. The summed E-state index contributed by atoms with van der Waals surface area (Å²) in [5.41, 5.74) is 11.6. The molecule has 0 nitrogen and oxygen atoms in total. The summed E-state index contributed by atoms with van der Waals surface area (Å²) in [6.45, 7) is 26.3. The molecule has 0 aliphatic heterocycles. The number of halogens is 2. The van der Waals surface area contributed by atoms with Crippen LogP contribution in [-0.2, 0) is 52.4 Å². The zero-order valence-electron chi connectivity index (χ0n) is 30.7. The smallest absolute Gasteiger partial charge is 1.00 e. The Morgan fingerprint density at radius 3 is 1.02 bits per heavy atom. The van der Waals surface area contributed by atoms with Gasteiger partial charge in [-0.25, -0.2) is 34.4 Å². The number of rotatable bonds is 6. The predicted molar refractivity (Wildman–Crippen MR) is 182 cm³/mol. The summed E-state index contributed by atoms with van der Waals surface area (Å²) >= 11 is 0. The van der Waals surface area contributed by atoms with E-state index >= 15 is 0 Å². The van der Waals surface area contributed by atoms with Gasteiger partial charge in [-0.2, -0.15) is 34.4 Å². The molecule has 0 aromatic rings. The molecule has 0 bridgehead atoms. The maximum atomic E-state index is 3.44. The standard InChI is InChI=1S/2C10H15.2C9H13.2CH3.2ClH.2Zr/c2*1-7-6-10(4,5)9(3)8(7)2;2*1-2-3-6-9-7-4-5-8-9;;;;;;/h2*1-5H3;2*4,7H,2-3,5-6H2,1H3;2*1H3;2*1H;;/q6*-1;;;2*+4/p-2. The van der Waals surface area contributed by atoms with Crippen molar-refractivity contribution in [1.29, 1.82) is 0 Å². The van der Waals surface area contributed by atoms with Crippen LogP contribution < -0.4 is 24.8 Å². The van der Waals surface area contributed by atoms with Crippen molar-refractivity contribution in [2.24, 2.45) is 10.8 Å². The molecule has 0 spiro atoms. The van der Waals surface area contributed by atoms with Crippen molar-refractivity contribution in [1.82, 2.24) is 0 Å². The molecule has 0 atom stereocenters. The third-order valence-electron chi connectivity index (χ3n) is 8.26. The van der Waals surface area contributed by atoms with Gasteiger partial charge in [-0.15, -0.1) is 26.7 Å². The molecule has 44 heavy (non-hydrogen) atoms. The molecule has 0 aromatic heterocycles. The summed E-state index contributed by atoms with van der Waals surface area (Å²) < 4.78 is 0. The van der Waals surface area contributed by atoms with E-state index in [1.807, 2.05) is 0 Å². The second-order valence-corrected chi connectivity index (χ2v) is 12.1. The van der Waals surface area contributed by atoms with Crippen LogP contribution in [0.15, 0.2) is 68.9 Å². The van der Waals surface area contributed by atoms with Crippen LogP contribution in [0.3, 0.4) is 0 Å². The third kappa shape index (κ3) is 19.8. The summed E-state index contributed by atoms with van der Waals surface area (Å²) in [6.07, 6.45) is 31.9. The van der Waals surface area contributed by atoms with E-state index in [4.69, 9.17) is 0 Å². The Labute approximate surface area is 327 Å². The van der Waals surface area contributed by atoms with Crippen LogP contribution in [0.2, 0.25) is 0 Å². The van der Waals surface area contributed by atoms with E-state index in [1.54, 1.807) is 0 Å². The molecule has 4 aliphatic rings. The number of hydrogen-bond acceptors (Lipinski definition) is 0. The minimum atomic E-state index is 0. The Morgan fingerprint density at radius 1 is 0.591 bits per heavy atom. The minimum absolute atomic E-state index is 0. The maximum Gasteiger partial charge on any atom is 4.00 e. The zero-order chi connectivity index (χ0) is 28.9.